The molecule has 3 rings (SSSR count). The number of nitrogens with two attached hydrogens (primary N) is 2. The van der Waals surface area contributed by atoms with E-state index in [-0.39, 0.29) is 0 Å². The van der Waals surface area contributed by atoms with Gasteiger partial charge in [-0.2, -0.15) is 13.2 Å². The van der Waals surface area contributed by atoms with Crippen LogP contribution in [0.1, 0.15) is 23.7 Å². The van der Waals surface area contributed by atoms with Crippen LogP contribution >= 0.6 is 11.6 Å². The van der Waals surface area contributed by atoms with Crippen LogP contribution < -0.4 is 11.6 Å². The number of allylic oxidation sites excluding steroid dienone is 1. The Bertz CT molecular complexity index is 1040. The number of fused-ring (bicyclic) bond motifs is 1. The summed E-state index contributed by atoms with van der Waals surface area (Å²) in [6.45, 7) is 7.60. The van der Waals surface area contributed by atoms with Crippen molar-refractivity contribution in [3.63, 3.8) is 0 Å². The normalized spacial score (nSPS) is 16.4. The van der Waals surface area contributed by atoms with E-state index in [1.165, 1.54) is 16.1 Å². The second-order valence-corrected chi connectivity index (χ2v) is 8.62. The Hall–Kier alpha value is -2.33. The molecular formula is C23H30ClF3N6. The van der Waals surface area contributed by atoms with Crippen LogP contribution in [0, 0.1) is 0 Å². The smallest absolute Gasteiger partial charge is 0.401 e. The number of pyridine rings is 1. The summed E-state index contributed by atoms with van der Waals surface area (Å²) < 4.78 is 38.0. The number of hydrazine groups is 1. The molecule has 1 saturated heterocycles. The highest BCUT2D eigenvalue weighted by Crippen LogP contribution is 2.33. The van der Waals surface area contributed by atoms with Crippen molar-refractivity contribution in [3.8, 4) is 0 Å². The van der Waals surface area contributed by atoms with Crippen LogP contribution in [-0.2, 0) is 13.0 Å². The van der Waals surface area contributed by atoms with Crippen molar-refractivity contribution in [2.75, 3.05) is 39.8 Å². The predicted molar refractivity (Wildman–Crippen MR) is 127 cm³/mol. The zero-order chi connectivity index (χ0) is 24.3. The molecular weight excluding hydrogens is 453 g/mol. The molecule has 0 unspecified atom stereocenters. The molecule has 2 aromatic rings. The SMILES string of the molecule is C=C(/C(=C/N)N(C)N)c1ccc2nc(CC)c(CN3CCN(CC(F)(F)F)CC3)c(Cl)c2c1. The van der Waals surface area contributed by atoms with Gasteiger partial charge in [-0.25, -0.2) is 5.84 Å². The van der Waals surface area contributed by atoms with Gasteiger partial charge in [-0.3, -0.25) is 14.8 Å². The van der Waals surface area contributed by atoms with Gasteiger partial charge in [0.05, 0.1) is 22.8 Å². The van der Waals surface area contributed by atoms with Crippen LogP contribution in [0.15, 0.2) is 36.7 Å². The van der Waals surface area contributed by atoms with Crippen LogP contribution in [0.25, 0.3) is 16.5 Å². The van der Waals surface area contributed by atoms with E-state index in [0.717, 1.165) is 27.7 Å². The van der Waals surface area contributed by atoms with Crippen molar-refractivity contribution in [1.29, 1.82) is 0 Å². The molecule has 0 saturated carbocycles. The second-order valence-electron chi connectivity index (χ2n) is 8.25. The zero-order valence-corrected chi connectivity index (χ0v) is 19.7. The highest BCUT2D eigenvalue weighted by molar-refractivity contribution is 6.36. The lowest BCUT2D eigenvalue weighted by molar-refractivity contribution is -0.149. The number of hydrogen-bond acceptors (Lipinski definition) is 6. The third-order valence-corrected chi connectivity index (χ3v) is 6.31. The number of alkyl halides is 3. The maximum absolute atomic E-state index is 12.7. The molecule has 0 atom stereocenters. The first kappa shape index (κ1) is 25.3. The summed E-state index contributed by atoms with van der Waals surface area (Å²) in [6.07, 6.45) is -2.08. The Kier molecular flexibility index (Phi) is 7.89. The quantitative estimate of drug-likeness (QED) is 0.356. The van der Waals surface area contributed by atoms with Gasteiger partial charge in [0.2, 0.25) is 0 Å². The average molecular weight is 483 g/mol. The van der Waals surface area contributed by atoms with Crippen molar-refractivity contribution in [1.82, 2.24) is 19.8 Å². The van der Waals surface area contributed by atoms with Gasteiger partial charge >= 0.3 is 6.18 Å². The number of piperazine rings is 1. The molecule has 0 radical (unpaired) electrons. The second kappa shape index (κ2) is 10.3. The van der Waals surface area contributed by atoms with Crippen molar-refractivity contribution >= 4 is 28.1 Å². The van der Waals surface area contributed by atoms with Crippen molar-refractivity contribution < 1.29 is 13.2 Å². The zero-order valence-electron chi connectivity index (χ0n) is 18.9. The lowest BCUT2D eigenvalue weighted by Crippen LogP contribution is -2.48. The van der Waals surface area contributed by atoms with Gasteiger partial charge in [-0.15, -0.1) is 0 Å². The topological polar surface area (TPSA) is 74.6 Å². The Morgan fingerprint density at radius 3 is 2.42 bits per heavy atom. The van der Waals surface area contributed by atoms with Crippen LogP contribution in [0.3, 0.4) is 0 Å². The number of nitrogens with zero attached hydrogens (tertiary/aromatic N) is 4. The molecule has 4 N–H and O–H groups in total. The van der Waals surface area contributed by atoms with Crippen LogP contribution in [-0.4, -0.2) is 65.7 Å². The largest absolute Gasteiger partial charge is 0.403 e. The number of aryl methyl sites for hydroxylation is 1. The van der Waals surface area contributed by atoms with E-state index in [1.54, 1.807) is 7.05 Å². The van der Waals surface area contributed by atoms with E-state index < -0.39 is 12.7 Å². The Balaban J connectivity index is 1.87. The number of rotatable bonds is 7. The molecule has 1 fully saturated rings. The summed E-state index contributed by atoms with van der Waals surface area (Å²) >= 11 is 6.88. The minimum Gasteiger partial charge on any atom is -0.403 e. The summed E-state index contributed by atoms with van der Waals surface area (Å²) in [5.41, 5.74) is 10.3. The predicted octanol–water partition coefficient (Wildman–Crippen LogP) is 3.75. The first-order chi connectivity index (χ1) is 15.5. The summed E-state index contributed by atoms with van der Waals surface area (Å²) in [6, 6.07) is 5.72. The molecule has 1 aliphatic rings. The fourth-order valence-corrected chi connectivity index (χ4v) is 4.43. The maximum atomic E-state index is 12.7. The molecule has 0 aliphatic carbocycles. The van der Waals surface area contributed by atoms with Crippen molar-refractivity contribution in [3.05, 3.63) is 58.5 Å². The van der Waals surface area contributed by atoms with Crippen LogP contribution in [0.5, 0.6) is 0 Å². The van der Waals surface area contributed by atoms with E-state index in [0.29, 0.717) is 55.4 Å². The fraction of sp³-hybridized carbons (Fsp3) is 0.435. The number of benzene rings is 1. The molecule has 0 spiro atoms. The summed E-state index contributed by atoms with van der Waals surface area (Å²) in [5.74, 6) is 5.85. The first-order valence-electron chi connectivity index (χ1n) is 10.8. The third kappa shape index (κ3) is 5.97. The Morgan fingerprint density at radius 2 is 1.88 bits per heavy atom. The van der Waals surface area contributed by atoms with Crippen LogP contribution in [0.2, 0.25) is 5.02 Å². The lowest BCUT2D eigenvalue weighted by Gasteiger charge is -2.35. The maximum Gasteiger partial charge on any atom is 0.401 e. The molecule has 0 bridgehead atoms. The Labute approximate surface area is 197 Å². The van der Waals surface area contributed by atoms with Crippen molar-refractivity contribution in [2.45, 2.75) is 26.1 Å². The highest BCUT2D eigenvalue weighted by Gasteiger charge is 2.32. The molecule has 10 heteroatoms. The molecule has 0 amide bonds. The minimum atomic E-state index is -4.18. The highest BCUT2D eigenvalue weighted by atomic mass is 35.5. The molecule has 6 nitrogen and oxygen atoms in total. The van der Waals surface area contributed by atoms with E-state index >= 15 is 0 Å². The minimum absolute atomic E-state index is 0.365. The number of hydrogen-bond donors (Lipinski definition) is 2. The van der Waals surface area contributed by atoms with Gasteiger partial charge in [0.1, 0.15) is 0 Å². The van der Waals surface area contributed by atoms with E-state index in [4.69, 9.17) is 28.2 Å². The van der Waals surface area contributed by atoms with E-state index in [2.05, 4.69) is 11.5 Å². The average Bonchev–Trinajstić information content (AvgIpc) is 2.75. The molecule has 180 valence electrons. The first-order valence-corrected chi connectivity index (χ1v) is 11.1. The molecule has 1 aromatic heterocycles. The number of likely N-dealkylation sites (N-methyl/N-ethyl adjacent to an activating group) is 1. The third-order valence-electron chi connectivity index (χ3n) is 5.88. The standard InChI is InChI=1S/C23H30ClF3N6/c1-4-19-18(13-32-7-9-33(10-8-32)14-23(25,26)27)22(24)17-11-16(5-6-20(17)30-19)15(2)21(12-28)31(3)29/h5-6,11-12H,2,4,7-10,13-14,28-29H2,1,3H3/b21-12-. The molecule has 33 heavy (non-hydrogen) atoms. The van der Waals surface area contributed by atoms with Gasteiger partial charge in [0, 0.05) is 68.2 Å². The summed E-state index contributed by atoms with van der Waals surface area (Å²) in [4.78, 5) is 8.37. The van der Waals surface area contributed by atoms with Crippen LogP contribution in [0.4, 0.5) is 13.2 Å². The summed E-state index contributed by atoms with van der Waals surface area (Å²) in [7, 11) is 1.68. The van der Waals surface area contributed by atoms with Gasteiger partial charge in [0.25, 0.3) is 0 Å². The molecule has 2 heterocycles. The molecule has 1 aromatic carbocycles. The van der Waals surface area contributed by atoms with Gasteiger partial charge in [-0.1, -0.05) is 31.2 Å². The van der Waals surface area contributed by atoms with Crippen molar-refractivity contribution in [2.24, 2.45) is 11.6 Å². The number of halogens is 4. The summed E-state index contributed by atoms with van der Waals surface area (Å²) in [5, 5.41) is 2.79. The molecule has 1 aliphatic heterocycles. The van der Waals surface area contributed by atoms with E-state index in [9.17, 15) is 13.2 Å². The number of aromatic nitrogens is 1. The van der Waals surface area contributed by atoms with Gasteiger partial charge in [-0.05, 0) is 24.1 Å². The van der Waals surface area contributed by atoms with E-state index in [1.807, 2.05) is 25.1 Å². The Morgan fingerprint density at radius 1 is 1.24 bits per heavy atom. The van der Waals surface area contributed by atoms with Gasteiger partial charge < -0.3 is 10.7 Å². The lowest BCUT2D eigenvalue weighted by atomic mass is 10.00. The fourth-order valence-electron chi connectivity index (χ4n) is 4.11. The monoisotopic (exact) mass is 482 g/mol. The van der Waals surface area contributed by atoms with Gasteiger partial charge in [0.15, 0.2) is 0 Å².